The predicted octanol–water partition coefficient (Wildman–Crippen LogP) is 4.76. The fourth-order valence-corrected chi connectivity index (χ4v) is 4.15. The molecule has 0 spiro atoms. The maximum atomic E-state index is 4.90. The zero-order valence-corrected chi connectivity index (χ0v) is 18.5. The second-order valence-corrected chi connectivity index (χ2v) is 7.90. The van der Waals surface area contributed by atoms with Crippen molar-refractivity contribution in [1.29, 1.82) is 0 Å². The number of pyridine rings is 1. The van der Waals surface area contributed by atoms with Crippen molar-refractivity contribution in [3.05, 3.63) is 77.2 Å². The number of imidazole rings is 1. The summed E-state index contributed by atoms with van der Waals surface area (Å²) in [5, 5.41) is 14.5. The van der Waals surface area contributed by atoms with Crippen LogP contribution in [0.3, 0.4) is 0 Å². The molecule has 0 saturated carbocycles. The summed E-state index contributed by atoms with van der Waals surface area (Å²) >= 11 is 0. The third-order valence-corrected chi connectivity index (χ3v) is 5.82. The van der Waals surface area contributed by atoms with Crippen molar-refractivity contribution in [1.82, 2.24) is 35.2 Å². The molecule has 5 aromatic rings. The van der Waals surface area contributed by atoms with Crippen molar-refractivity contribution in [3.63, 3.8) is 0 Å². The lowest BCUT2D eigenvalue weighted by atomic mass is 9.98. The Balaban J connectivity index is 1.51. The monoisotopic (exact) mass is 423 g/mol. The van der Waals surface area contributed by atoms with Crippen molar-refractivity contribution in [3.8, 4) is 22.5 Å². The fourth-order valence-electron chi connectivity index (χ4n) is 4.15. The van der Waals surface area contributed by atoms with Crippen molar-refractivity contribution < 1.29 is 0 Å². The van der Waals surface area contributed by atoms with Gasteiger partial charge in [0, 0.05) is 17.7 Å². The highest BCUT2D eigenvalue weighted by Crippen LogP contribution is 2.30. The van der Waals surface area contributed by atoms with Crippen LogP contribution in [0.5, 0.6) is 0 Å². The van der Waals surface area contributed by atoms with E-state index in [2.05, 4.69) is 82.4 Å². The Morgan fingerprint density at radius 3 is 2.38 bits per heavy atom. The average Bonchev–Trinajstić information content (AvgIpc) is 3.48. The van der Waals surface area contributed by atoms with E-state index < -0.39 is 0 Å². The van der Waals surface area contributed by atoms with Gasteiger partial charge < -0.3 is 4.57 Å². The molecule has 0 fully saturated rings. The molecular weight excluding hydrogens is 398 g/mol. The van der Waals surface area contributed by atoms with Gasteiger partial charge >= 0.3 is 0 Å². The highest BCUT2D eigenvalue weighted by atomic mass is 15.5. The number of aryl methyl sites for hydroxylation is 3. The van der Waals surface area contributed by atoms with Gasteiger partial charge in [0.15, 0.2) is 5.65 Å². The average molecular weight is 424 g/mol. The van der Waals surface area contributed by atoms with Crippen molar-refractivity contribution in [2.24, 2.45) is 0 Å². The van der Waals surface area contributed by atoms with Gasteiger partial charge in [-0.2, -0.15) is 5.21 Å². The number of H-pyrrole nitrogens is 1. The van der Waals surface area contributed by atoms with Crippen LogP contribution in [0, 0.1) is 6.92 Å². The molecule has 160 valence electrons. The molecule has 0 aliphatic heterocycles. The molecule has 32 heavy (non-hydrogen) atoms. The van der Waals surface area contributed by atoms with Crippen LogP contribution >= 0.6 is 0 Å². The van der Waals surface area contributed by atoms with E-state index in [1.165, 1.54) is 11.1 Å². The predicted molar refractivity (Wildman–Crippen MR) is 125 cm³/mol. The second-order valence-electron chi connectivity index (χ2n) is 7.90. The molecule has 0 bridgehead atoms. The molecule has 5 rings (SSSR count). The highest BCUT2D eigenvalue weighted by molar-refractivity contribution is 5.80. The van der Waals surface area contributed by atoms with Crippen LogP contribution in [0.4, 0.5) is 0 Å². The molecule has 0 unspecified atom stereocenters. The molecular formula is C25H25N7. The summed E-state index contributed by atoms with van der Waals surface area (Å²) < 4.78 is 2.25. The van der Waals surface area contributed by atoms with E-state index in [1.54, 1.807) is 0 Å². The zero-order chi connectivity index (χ0) is 22.1. The number of hydrogen-bond acceptors (Lipinski definition) is 5. The van der Waals surface area contributed by atoms with Gasteiger partial charge in [-0.3, -0.25) is 0 Å². The summed E-state index contributed by atoms with van der Waals surface area (Å²) in [6.07, 6.45) is 1.78. The number of aromatic nitrogens is 7. The first-order valence-electron chi connectivity index (χ1n) is 11.0. The van der Waals surface area contributed by atoms with Gasteiger partial charge in [0.25, 0.3) is 0 Å². The lowest BCUT2D eigenvalue weighted by Gasteiger charge is -2.11. The second kappa shape index (κ2) is 8.34. The van der Waals surface area contributed by atoms with Gasteiger partial charge in [-0.05, 0) is 46.9 Å². The fraction of sp³-hybridized carbons (Fsp3) is 0.240. The summed E-state index contributed by atoms with van der Waals surface area (Å²) in [6.45, 7) is 7.15. The van der Waals surface area contributed by atoms with Gasteiger partial charge in [0.05, 0.1) is 6.54 Å². The molecule has 7 heteroatoms. The molecule has 0 aliphatic rings. The van der Waals surface area contributed by atoms with Crippen molar-refractivity contribution in [2.45, 2.75) is 40.2 Å². The van der Waals surface area contributed by atoms with Crippen LogP contribution in [0.2, 0.25) is 0 Å². The van der Waals surface area contributed by atoms with Gasteiger partial charge in [0.1, 0.15) is 11.3 Å². The number of hydrogen-bond donors (Lipinski definition) is 1. The lowest BCUT2D eigenvalue weighted by Crippen LogP contribution is -2.06. The number of aromatic amines is 1. The standard InChI is InChI=1S/C25H25N7/c1-4-19-14-16(3)23-25(26-19)32(22(5-2)27-23)15-17-10-12-18(13-11-17)20-8-6-7-9-21(20)24-28-30-31-29-24/h6-14H,4-5,15H2,1-3H3,(H,28,29,30,31). The Labute approximate surface area is 186 Å². The van der Waals surface area contributed by atoms with Crippen molar-refractivity contribution in [2.75, 3.05) is 0 Å². The molecule has 1 N–H and O–H groups in total. The number of fused-ring (bicyclic) bond motifs is 1. The molecule has 2 aromatic carbocycles. The molecule has 3 aromatic heterocycles. The number of nitrogens with zero attached hydrogens (tertiary/aromatic N) is 6. The smallest absolute Gasteiger partial charge is 0.205 e. The van der Waals surface area contributed by atoms with Crippen LogP contribution in [-0.4, -0.2) is 35.2 Å². The van der Waals surface area contributed by atoms with Gasteiger partial charge in [-0.15, -0.1) is 10.2 Å². The Hall–Kier alpha value is -3.87. The van der Waals surface area contributed by atoms with Crippen LogP contribution < -0.4 is 0 Å². The van der Waals surface area contributed by atoms with Gasteiger partial charge in [-0.1, -0.05) is 62.4 Å². The zero-order valence-electron chi connectivity index (χ0n) is 18.5. The normalized spacial score (nSPS) is 11.3. The lowest BCUT2D eigenvalue weighted by molar-refractivity contribution is 0.744. The summed E-state index contributed by atoms with van der Waals surface area (Å²) in [4.78, 5) is 9.79. The first-order chi connectivity index (χ1) is 15.7. The Kier molecular flexibility index (Phi) is 5.23. The SMILES string of the molecule is CCc1cc(C)c2nc(CC)n(Cc3ccc(-c4ccccc4-c4nn[nH]n4)cc3)c2n1. The van der Waals surface area contributed by atoms with E-state index >= 15 is 0 Å². The number of nitrogens with one attached hydrogen (secondary N) is 1. The summed E-state index contributed by atoms with van der Waals surface area (Å²) in [7, 11) is 0. The van der Waals surface area contributed by atoms with Gasteiger partial charge in [0.2, 0.25) is 5.82 Å². The minimum absolute atomic E-state index is 0.593. The van der Waals surface area contributed by atoms with E-state index in [0.717, 1.165) is 58.8 Å². The summed E-state index contributed by atoms with van der Waals surface area (Å²) in [5.41, 5.74) is 8.63. The van der Waals surface area contributed by atoms with E-state index in [9.17, 15) is 0 Å². The molecule has 3 heterocycles. The molecule has 0 amide bonds. The Morgan fingerprint density at radius 2 is 1.69 bits per heavy atom. The maximum absolute atomic E-state index is 4.90. The van der Waals surface area contributed by atoms with E-state index in [-0.39, 0.29) is 0 Å². The summed E-state index contributed by atoms with van der Waals surface area (Å²) in [5.74, 6) is 1.66. The Morgan fingerprint density at radius 1 is 0.906 bits per heavy atom. The Bertz CT molecular complexity index is 1370. The molecule has 7 nitrogen and oxygen atoms in total. The molecule has 0 atom stereocenters. The van der Waals surface area contributed by atoms with Gasteiger partial charge in [-0.25, -0.2) is 9.97 Å². The topological polar surface area (TPSA) is 85.2 Å². The third kappa shape index (κ3) is 3.56. The first-order valence-corrected chi connectivity index (χ1v) is 11.0. The molecule has 0 saturated heterocycles. The van der Waals surface area contributed by atoms with E-state index in [1.807, 2.05) is 18.2 Å². The third-order valence-electron chi connectivity index (χ3n) is 5.82. The quantitative estimate of drug-likeness (QED) is 0.426. The first kappa shape index (κ1) is 20.1. The van der Waals surface area contributed by atoms with Crippen LogP contribution in [0.1, 0.15) is 36.5 Å². The number of rotatable bonds is 6. The molecule has 0 radical (unpaired) electrons. The number of benzene rings is 2. The highest BCUT2D eigenvalue weighted by Gasteiger charge is 2.15. The minimum atomic E-state index is 0.593. The van der Waals surface area contributed by atoms with E-state index in [4.69, 9.17) is 9.97 Å². The van der Waals surface area contributed by atoms with Crippen LogP contribution in [0.15, 0.2) is 54.6 Å². The molecule has 0 aliphatic carbocycles. The van der Waals surface area contributed by atoms with E-state index in [0.29, 0.717) is 5.82 Å². The van der Waals surface area contributed by atoms with Crippen LogP contribution in [0.25, 0.3) is 33.7 Å². The maximum Gasteiger partial charge on any atom is 0.205 e. The largest absolute Gasteiger partial charge is 0.308 e. The van der Waals surface area contributed by atoms with Crippen molar-refractivity contribution >= 4 is 11.2 Å². The van der Waals surface area contributed by atoms with Crippen LogP contribution in [-0.2, 0) is 19.4 Å². The summed E-state index contributed by atoms with van der Waals surface area (Å²) in [6, 6.07) is 18.9. The number of tetrazole rings is 1. The minimum Gasteiger partial charge on any atom is -0.308 e.